The Morgan fingerprint density at radius 2 is 2.00 bits per heavy atom. The second-order valence-corrected chi connectivity index (χ2v) is 2.70. The Bertz CT molecular complexity index is 65.7. The second kappa shape index (κ2) is 5.69. The minimum Gasteiger partial charge on any atom is -0.392 e. The predicted octanol–water partition coefficient (Wildman–Crippen LogP) is 1.15. The molecular weight excluding hydrogens is 126 g/mol. The van der Waals surface area contributed by atoms with E-state index in [0.29, 0.717) is 0 Å². The highest BCUT2D eigenvalue weighted by Gasteiger charge is 2.10. The van der Waals surface area contributed by atoms with Crippen LogP contribution in [-0.4, -0.2) is 23.8 Å². The summed E-state index contributed by atoms with van der Waals surface area (Å²) < 4.78 is 0. The largest absolute Gasteiger partial charge is 0.392 e. The third-order valence-corrected chi connectivity index (χ3v) is 1.69. The standard InChI is InChI=1S/C8H19NO/c1-4-6-8(10)7(3)9-5-2/h7-10H,4-6H2,1-3H3. The van der Waals surface area contributed by atoms with E-state index in [1.807, 2.05) is 6.92 Å². The highest BCUT2D eigenvalue weighted by molar-refractivity contribution is 4.68. The van der Waals surface area contributed by atoms with Gasteiger partial charge in [0, 0.05) is 6.04 Å². The SMILES string of the molecule is CCCC(O)C(C)NCC. The first-order valence-corrected chi connectivity index (χ1v) is 4.13. The molecule has 0 saturated heterocycles. The molecule has 0 aliphatic heterocycles. The van der Waals surface area contributed by atoms with Crippen molar-refractivity contribution in [2.24, 2.45) is 0 Å². The summed E-state index contributed by atoms with van der Waals surface area (Å²) in [5, 5.41) is 12.6. The molecule has 0 bridgehead atoms. The van der Waals surface area contributed by atoms with Crippen LogP contribution < -0.4 is 5.32 Å². The number of hydrogen-bond acceptors (Lipinski definition) is 2. The highest BCUT2D eigenvalue weighted by atomic mass is 16.3. The van der Waals surface area contributed by atoms with Gasteiger partial charge in [-0.05, 0) is 19.9 Å². The molecule has 0 amide bonds. The van der Waals surface area contributed by atoms with E-state index in [1.165, 1.54) is 0 Å². The maximum atomic E-state index is 9.39. The Labute approximate surface area is 63.6 Å². The van der Waals surface area contributed by atoms with Crippen LogP contribution in [0.3, 0.4) is 0 Å². The molecule has 2 heteroatoms. The molecule has 2 atom stereocenters. The average molecular weight is 145 g/mol. The number of aliphatic hydroxyl groups excluding tert-OH is 1. The molecule has 0 aliphatic rings. The first-order valence-electron chi connectivity index (χ1n) is 4.13. The van der Waals surface area contributed by atoms with Crippen LogP contribution in [0.15, 0.2) is 0 Å². The Kier molecular flexibility index (Phi) is 5.64. The Morgan fingerprint density at radius 1 is 1.40 bits per heavy atom. The van der Waals surface area contributed by atoms with Crippen LogP contribution in [0.25, 0.3) is 0 Å². The lowest BCUT2D eigenvalue weighted by molar-refractivity contribution is 0.125. The van der Waals surface area contributed by atoms with Gasteiger partial charge in [0.1, 0.15) is 0 Å². The summed E-state index contributed by atoms with van der Waals surface area (Å²) in [4.78, 5) is 0. The molecule has 0 spiro atoms. The zero-order valence-corrected chi connectivity index (χ0v) is 7.22. The van der Waals surface area contributed by atoms with Crippen molar-refractivity contribution in [2.75, 3.05) is 6.54 Å². The molecule has 62 valence electrons. The van der Waals surface area contributed by atoms with Crippen LogP contribution in [0.5, 0.6) is 0 Å². The van der Waals surface area contributed by atoms with Crippen LogP contribution in [-0.2, 0) is 0 Å². The van der Waals surface area contributed by atoms with Gasteiger partial charge in [-0.15, -0.1) is 0 Å². The van der Waals surface area contributed by atoms with Crippen LogP contribution in [0.1, 0.15) is 33.6 Å². The average Bonchev–Trinajstić information content (AvgIpc) is 1.89. The summed E-state index contributed by atoms with van der Waals surface area (Å²) in [5.74, 6) is 0. The topological polar surface area (TPSA) is 32.3 Å². The highest BCUT2D eigenvalue weighted by Crippen LogP contribution is 2.00. The smallest absolute Gasteiger partial charge is 0.0690 e. The van der Waals surface area contributed by atoms with E-state index in [9.17, 15) is 5.11 Å². The Balaban J connectivity index is 3.38. The van der Waals surface area contributed by atoms with E-state index in [-0.39, 0.29) is 12.1 Å². The molecule has 2 N–H and O–H groups in total. The van der Waals surface area contributed by atoms with Crippen molar-refractivity contribution in [3.63, 3.8) is 0 Å². The van der Waals surface area contributed by atoms with Crippen molar-refractivity contribution in [1.82, 2.24) is 5.32 Å². The van der Waals surface area contributed by atoms with Crippen molar-refractivity contribution in [2.45, 2.75) is 45.8 Å². The lowest BCUT2D eigenvalue weighted by atomic mass is 10.1. The van der Waals surface area contributed by atoms with Crippen molar-refractivity contribution < 1.29 is 5.11 Å². The third-order valence-electron chi connectivity index (χ3n) is 1.69. The zero-order chi connectivity index (χ0) is 7.98. The second-order valence-electron chi connectivity index (χ2n) is 2.70. The van der Waals surface area contributed by atoms with Crippen LogP contribution in [0.4, 0.5) is 0 Å². The lowest BCUT2D eigenvalue weighted by Gasteiger charge is -2.18. The van der Waals surface area contributed by atoms with Crippen LogP contribution in [0, 0.1) is 0 Å². The summed E-state index contributed by atoms with van der Waals surface area (Å²) in [7, 11) is 0. The fraction of sp³-hybridized carbons (Fsp3) is 1.00. The minimum atomic E-state index is -0.176. The molecule has 0 heterocycles. The lowest BCUT2D eigenvalue weighted by Crippen LogP contribution is -2.36. The molecule has 0 aliphatic carbocycles. The zero-order valence-electron chi connectivity index (χ0n) is 7.22. The summed E-state index contributed by atoms with van der Waals surface area (Å²) in [5.41, 5.74) is 0. The maximum Gasteiger partial charge on any atom is 0.0690 e. The quantitative estimate of drug-likeness (QED) is 0.608. The molecule has 0 aromatic rings. The number of rotatable bonds is 5. The third kappa shape index (κ3) is 3.85. The van der Waals surface area contributed by atoms with E-state index in [0.717, 1.165) is 19.4 Å². The first kappa shape index (κ1) is 9.92. The van der Waals surface area contributed by atoms with E-state index >= 15 is 0 Å². The summed E-state index contributed by atoms with van der Waals surface area (Å²) in [6, 6.07) is 0.241. The fourth-order valence-corrected chi connectivity index (χ4v) is 1.00. The number of likely N-dealkylation sites (N-methyl/N-ethyl adjacent to an activating group) is 1. The molecule has 0 saturated carbocycles. The molecule has 2 unspecified atom stereocenters. The van der Waals surface area contributed by atoms with Crippen LogP contribution in [0.2, 0.25) is 0 Å². The van der Waals surface area contributed by atoms with Gasteiger partial charge in [-0.3, -0.25) is 0 Å². The first-order chi connectivity index (χ1) is 4.72. The van der Waals surface area contributed by atoms with Gasteiger partial charge in [-0.1, -0.05) is 20.3 Å². The molecule has 10 heavy (non-hydrogen) atoms. The monoisotopic (exact) mass is 145 g/mol. The normalized spacial score (nSPS) is 16.8. The van der Waals surface area contributed by atoms with Crippen molar-refractivity contribution in [1.29, 1.82) is 0 Å². The van der Waals surface area contributed by atoms with Gasteiger partial charge in [0.15, 0.2) is 0 Å². The fourth-order valence-electron chi connectivity index (χ4n) is 1.00. The Hall–Kier alpha value is -0.0800. The summed E-state index contributed by atoms with van der Waals surface area (Å²) >= 11 is 0. The molecular formula is C8H19NO. The van der Waals surface area contributed by atoms with Gasteiger partial charge < -0.3 is 10.4 Å². The van der Waals surface area contributed by atoms with Gasteiger partial charge >= 0.3 is 0 Å². The Morgan fingerprint density at radius 3 is 2.40 bits per heavy atom. The molecule has 0 fully saturated rings. The van der Waals surface area contributed by atoms with Gasteiger partial charge in [-0.2, -0.15) is 0 Å². The van der Waals surface area contributed by atoms with Gasteiger partial charge in [0.25, 0.3) is 0 Å². The molecule has 2 nitrogen and oxygen atoms in total. The molecule has 0 radical (unpaired) electrons. The number of aliphatic hydroxyl groups is 1. The number of nitrogens with one attached hydrogen (secondary N) is 1. The van der Waals surface area contributed by atoms with E-state index in [2.05, 4.69) is 19.2 Å². The van der Waals surface area contributed by atoms with Crippen molar-refractivity contribution in [3.05, 3.63) is 0 Å². The number of hydrogen-bond donors (Lipinski definition) is 2. The summed E-state index contributed by atoms with van der Waals surface area (Å²) in [6.07, 6.45) is 1.77. The van der Waals surface area contributed by atoms with Crippen molar-refractivity contribution in [3.8, 4) is 0 Å². The van der Waals surface area contributed by atoms with Gasteiger partial charge in [0.05, 0.1) is 6.10 Å². The van der Waals surface area contributed by atoms with Crippen molar-refractivity contribution >= 4 is 0 Å². The molecule has 0 aromatic carbocycles. The molecule has 0 rings (SSSR count). The maximum absolute atomic E-state index is 9.39. The summed E-state index contributed by atoms with van der Waals surface area (Å²) in [6.45, 7) is 7.09. The molecule has 0 aromatic heterocycles. The van der Waals surface area contributed by atoms with Gasteiger partial charge in [-0.25, -0.2) is 0 Å². The predicted molar refractivity (Wildman–Crippen MR) is 44.1 cm³/mol. The van der Waals surface area contributed by atoms with E-state index in [1.54, 1.807) is 0 Å². The van der Waals surface area contributed by atoms with Crippen LogP contribution >= 0.6 is 0 Å². The minimum absolute atomic E-state index is 0.176. The van der Waals surface area contributed by atoms with Gasteiger partial charge in [0.2, 0.25) is 0 Å². The van der Waals surface area contributed by atoms with E-state index in [4.69, 9.17) is 0 Å². The van der Waals surface area contributed by atoms with E-state index < -0.39 is 0 Å².